The number of thioether (sulfide) groups is 1. The second-order valence-electron chi connectivity index (χ2n) is 9.75. The van der Waals surface area contributed by atoms with Crippen molar-refractivity contribution in [2.45, 2.75) is 62.5 Å². The molecule has 184 valence electrons. The molecule has 0 spiro atoms. The minimum atomic E-state index is -0.0558. The average Bonchev–Trinajstić information content (AvgIpc) is 3.30. The van der Waals surface area contributed by atoms with E-state index in [1.807, 2.05) is 65.2 Å². The molecular formula is C29H34N2O3S. The van der Waals surface area contributed by atoms with Crippen molar-refractivity contribution in [3.63, 3.8) is 0 Å². The molecule has 2 aliphatic rings. The summed E-state index contributed by atoms with van der Waals surface area (Å²) in [5.41, 5.74) is 2.91. The van der Waals surface area contributed by atoms with Crippen molar-refractivity contribution in [3.8, 4) is 0 Å². The van der Waals surface area contributed by atoms with Gasteiger partial charge in [-0.15, -0.1) is 0 Å². The van der Waals surface area contributed by atoms with Crippen LogP contribution in [0.3, 0.4) is 0 Å². The van der Waals surface area contributed by atoms with Crippen molar-refractivity contribution in [2.75, 3.05) is 13.1 Å². The molecule has 0 radical (unpaired) electrons. The highest BCUT2D eigenvalue weighted by Crippen LogP contribution is 2.35. The molecule has 6 heteroatoms. The van der Waals surface area contributed by atoms with Crippen molar-refractivity contribution in [1.82, 2.24) is 10.2 Å². The van der Waals surface area contributed by atoms with Gasteiger partial charge in [-0.2, -0.15) is 11.8 Å². The monoisotopic (exact) mass is 490 g/mol. The zero-order chi connectivity index (χ0) is 24.0. The number of hydrogen-bond donors (Lipinski definition) is 1. The highest BCUT2D eigenvalue weighted by molar-refractivity contribution is 7.99. The van der Waals surface area contributed by atoms with Crippen LogP contribution >= 0.6 is 11.8 Å². The molecule has 1 aliphatic carbocycles. The lowest BCUT2D eigenvalue weighted by molar-refractivity contribution is -0.126. The number of benzene rings is 2. The fourth-order valence-electron chi connectivity index (χ4n) is 5.27. The van der Waals surface area contributed by atoms with Crippen LogP contribution < -0.4 is 5.32 Å². The van der Waals surface area contributed by atoms with Crippen molar-refractivity contribution >= 4 is 34.5 Å². The van der Waals surface area contributed by atoms with E-state index in [1.54, 1.807) is 0 Å². The highest BCUT2D eigenvalue weighted by Gasteiger charge is 2.31. The first kappa shape index (κ1) is 24.0. The number of hydrogen-bond acceptors (Lipinski definition) is 4. The van der Waals surface area contributed by atoms with Gasteiger partial charge in [0.05, 0.1) is 0 Å². The first-order valence-corrected chi connectivity index (χ1v) is 14.0. The van der Waals surface area contributed by atoms with Crippen LogP contribution in [0.4, 0.5) is 0 Å². The number of carbonyl (C=O) groups excluding carboxylic acids is 2. The predicted molar refractivity (Wildman–Crippen MR) is 141 cm³/mol. The summed E-state index contributed by atoms with van der Waals surface area (Å²) in [4.78, 5) is 28.1. The number of fused-ring (bicyclic) bond motifs is 1. The molecule has 5 nitrogen and oxygen atoms in total. The smallest absolute Gasteiger partial charge is 0.289 e. The van der Waals surface area contributed by atoms with Crippen LogP contribution in [-0.4, -0.2) is 35.1 Å². The van der Waals surface area contributed by atoms with Gasteiger partial charge < -0.3 is 14.6 Å². The number of para-hydroxylation sites is 1. The summed E-state index contributed by atoms with van der Waals surface area (Å²) >= 11 is 1.97. The first-order valence-electron chi connectivity index (χ1n) is 12.9. The van der Waals surface area contributed by atoms with Crippen LogP contribution in [0.1, 0.15) is 66.6 Å². The Morgan fingerprint density at radius 2 is 1.63 bits per heavy atom. The number of likely N-dealkylation sites (tertiary alicyclic amines) is 1. The number of nitrogens with zero attached hydrogens (tertiary/aromatic N) is 1. The van der Waals surface area contributed by atoms with Crippen molar-refractivity contribution in [2.24, 2.45) is 5.92 Å². The molecule has 1 N–H and O–H groups in total. The number of rotatable bonds is 7. The van der Waals surface area contributed by atoms with Gasteiger partial charge in [-0.05, 0) is 37.3 Å². The Kier molecular flexibility index (Phi) is 7.77. The zero-order valence-corrected chi connectivity index (χ0v) is 21.0. The number of amides is 2. The number of carbonyl (C=O) groups is 2. The van der Waals surface area contributed by atoms with Gasteiger partial charge in [0.1, 0.15) is 5.58 Å². The first-order chi connectivity index (χ1) is 17.2. The van der Waals surface area contributed by atoms with Crippen LogP contribution in [0.5, 0.6) is 0 Å². The molecule has 0 bridgehead atoms. The Labute approximate surface area is 211 Å². The maximum absolute atomic E-state index is 13.6. The summed E-state index contributed by atoms with van der Waals surface area (Å²) in [5, 5.41) is 4.78. The molecule has 0 atom stereocenters. The average molecular weight is 491 g/mol. The molecule has 1 saturated heterocycles. The molecule has 1 aliphatic heterocycles. The topological polar surface area (TPSA) is 62.6 Å². The van der Waals surface area contributed by atoms with E-state index >= 15 is 0 Å². The Bertz CT molecular complexity index is 1150. The number of nitrogens with one attached hydrogen (secondary N) is 1. The normalized spacial score (nSPS) is 17.5. The quantitative estimate of drug-likeness (QED) is 0.430. The molecule has 2 fully saturated rings. The van der Waals surface area contributed by atoms with Gasteiger partial charge in [-0.1, -0.05) is 67.8 Å². The number of piperidine rings is 1. The van der Waals surface area contributed by atoms with Crippen LogP contribution in [0.2, 0.25) is 0 Å². The van der Waals surface area contributed by atoms with E-state index in [4.69, 9.17) is 4.42 Å². The molecule has 1 aromatic heterocycles. The third kappa shape index (κ3) is 5.75. The third-order valence-electron chi connectivity index (χ3n) is 7.37. The zero-order valence-electron chi connectivity index (χ0n) is 20.2. The van der Waals surface area contributed by atoms with Crippen molar-refractivity contribution in [1.29, 1.82) is 0 Å². The third-order valence-corrected chi connectivity index (χ3v) is 8.77. The Balaban J connectivity index is 1.22. The Hall–Kier alpha value is -2.73. The van der Waals surface area contributed by atoms with E-state index in [-0.39, 0.29) is 17.7 Å². The lowest BCUT2D eigenvalue weighted by atomic mass is 9.95. The second-order valence-corrected chi connectivity index (χ2v) is 11.0. The molecule has 2 heterocycles. The van der Waals surface area contributed by atoms with Crippen molar-refractivity contribution in [3.05, 3.63) is 71.5 Å². The summed E-state index contributed by atoms with van der Waals surface area (Å²) in [6.45, 7) is 1.70. The summed E-state index contributed by atoms with van der Waals surface area (Å²) in [7, 11) is 0. The van der Waals surface area contributed by atoms with E-state index in [9.17, 15) is 9.59 Å². The fourth-order valence-corrected chi connectivity index (χ4v) is 6.62. The van der Waals surface area contributed by atoms with Crippen LogP contribution in [0, 0.1) is 5.92 Å². The maximum atomic E-state index is 13.6. The van der Waals surface area contributed by atoms with Gasteiger partial charge in [0.15, 0.2) is 5.76 Å². The Morgan fingerprint density at radius 1 is 0.914 bits per heavy atom. The molecule has 35 heavy (non-hydrogen) atoms. The summed E-state index contributed by atoms with van der Waals surface area (Å²) in [6, 6.07) is 17.9. The molecule has 2 aromatic carbocycles. The molecule has 3 aromatic rings. The number of furan rings is 1. The largest absolute Gasteiger partial charge is 0.451 e. The molecule has 2 amide bonds. The maximum Gasteiger partial charge on any atom is 0.289 e. The second kappa shape index (κ2) is 11.3. The highest BCUT2D eigenvalue weighted by atomic mass is 32.2. The SMILES string of the molecule is O=C(NCc1ccccc1)C1CCN(C(=O)c2oc3ccccc3c2CSC2CCCCC2)CC1. The van der Waals surface area contributed by atoms with E-state index in [0.717, 1.165) is 27.8 Å². The van der Waals surface area contributed by atoms with E-state index in [0.29, 0.717) is 43.5 Å². The standard InChI is InChI=1S/C29H34N2O3S/c32-28(30-19-21-9-3-1-4-10-21)22-15-17-31(18-16-22)29(33)27-25(20-35-23-11-5-2-6-12-23)24-13-7-8-14-26(24)34-27/h1,3-4,7-10,13-14,22-23H,2,5-6,11-12,15-20H2,(H,30,32). The van der Waals surface area contributed by atoms with Gasteiger partial charge in [0.25, 0.3) is 5.91 Å². The minimum absolute atomic E-state index is 0.0383. The van der Waals surface area contributed by atoms with Gasteiger partial charge in [-0.25, -0.2) is 0 Å². The van der Waals surface area contributed by atoms with E-state index in [2.05, 4.69) is 11.4 Å². The minimum Gasteiger partial charge on any atom is -0.451 e. The summed E-state index contributed by atoms with van der Waals surface area (Å²) in [6.07, 6.45) is 7.85. The van der Waals surface area contributed by atoms with E-state index in [1.165, 1.54) is 32.1 Å². The molecule has 5 rings (SSSR count). The Morgan fingerprint density at radius 3 is 2.40 bits per heavy atom. The van der Waals surface area contributed by atoms with Crippen molar-refractivity contribution < 1.29 is 14.0 Å². The molecule has 1 saturated carbocycles. The molecule has 0 unspecified atom stereocenters. The predicted octanol–water partition coefficient (Wildman–Crippen LogP) is 6.17. The van der Waals surface area contributed by atoms with E-state index < -0.39 is 0 Å². The van der Waals surface area contributed by atoms with Gasteiger partial charge >= 0.3 is 0 Å². The summed E-state index contributed by atoms with van der Waals surface area (Å²) < 4.78 is 6.13. The van der Waals surface area contributed by atoms with Gasteiger partial charge in [0.2, 0.25) is 5.91 Å². The van der Waals surface area contributed by atoms with Gasteiger partial charge in [0, 0.05) is 47.5 Å². The fraction of sp³-hybridized carbons (Fsp3) is 0.448. The lowest BCUT2D eigenvalue weighted by Crippen LogP contribution is -2.43. The van der Waals surface area contributed by atoms with Crippen LogP contribution in [-0.2, 0) is 17.1 Å². The van der Waals surface area contributed by atoms with Crippen LogP contribution in [0.15, 0.2) is 59.0 Å². The lowest BCUT2D eigenvalue weighted by Gasteiger charge is -2.31. The molecular weight excluding hydrogens is 456 g/mol. The van der Waals surface area contributed by atoms with Gasteiger partial charge in [-0.3, -0.25) is 9.59 Å². The summed E-state index contributed by atoms with van der Waals surface area (Å²) in [5.74, 6) is 1.28. The van der Waals surface area contributed by atoms with Crippen LogP contribution in [0.25, 0.3) is 11.0 Å².